The van der Waals surface area contributed by atoms with Gasteiger partial charge in [0.05, 0.1) is 0 Å². The number of carbonyl (C=O) groups excluding carboxylic acids is 1. The van der Waals surface area contributed by atoms with Gasteiger partial charge in [0.1, 0.15) is 0 Å². The topological polar surface area (TPSA) is 32.3 Å². The number of hydrogen-bond acceptors (Lipinski definition) is 2. The largest absolute Gasteiger partial charge is 0.344 e. The van der Waals surface area contributed by atoms with Crippen molar-refractivity contribution in [3.8, 4) is 0 Å². The Morgan fingerprint density at radius 2 is 1.87 bits per heavy atom. The zero-order valence-electron chi connectivity index (χ0n) is 9.67. The van der Waals surface area contributed by atoms with Gasteiger partial charge in [-0.3, -0.25) is 4.79 Å². The minimum absolute atomic E-state index is 0.302. The quantitative estimate of drug-likeness (QED) is 0.749. The molecule has 1 saturated heterocycles. The summed E-state index contributed by atoms with van der Waals surface area (Å²) in [4.78, 5) is 13.2. The number of nitrogens with one attached hydrogen (secondary N) is 1. The molecule has 86 valence electrons. The van der Waals surface area contributed by atoms with E-state index in [-0.39, 0.29) is 0 Å². The minimum Gasteiger partial charge on any atom is -0.344 e. The second kappa shape index (κ2) is 4.97. The van der Waals surface area contributed by atoms with Gasteiger partial charge in [-0.25, -0.2) is 0 Å². The number of likely N-dealkylation sites (N-methyl/N-ethyl adjacent to an activating group) is 1. The smallest absolute Gasteiger partial charge is 0.222 e. The summed E-state index contributed by atoms with van der Waals surface area (Å²) in [5.41, 5.74) is 0. The average molecular weight is 210 g/mol. The molecular weight excluding hydrogens is 188 g/mol. The van der Waals surface area contributed by atoms with Crippen LogP contribution in [0.3, 0.4) is 0 Å². The molecule has 0 radical (unpaired) electrons. The van der Waals surface area contributed by atoms with Crippen LogP contribution in [0, 0.1) is 0 Å². The van der Waals surface area contributed by atoms with Crippen molar-refractivity contribution in [2.24, 2.45) is 0 Å². The van der Waals surface area contributed by atoms with E-state index >= 15 is 0 Å². The first-order valence-electron chi connectivity index (χ1n) is 6.26. The van der Waals surface area contributed by atoms with Crippen molar-refractivity contribution in [3.63, 3.8) is 0 Å². The molecule has 1 atom stereocenters. The van der Waals surface area contributed by atoms with E-state index in [0.717, 1.165) is 19.4 Å². The molecule has 1 heterocycles. The fourth-order valence-corrected chi connectivity index (χ4v) is 2.75. The molecule has 0 aromatic heterocycles. The lowest BCUT2D eigenvalue weighted by molar-refractivity contribution is -0.132. The maximum atomic E-state index is 11.3. The molecule has 0 spiro atoms. The molecule has 0 bridgehead atoms. The lowest BCUT2D eigenvalue weighted by atomic mass is 9.94. The summed E-state index contributed by atoms with van der Waals surface area (Å²) in [6.07, 6.45) is 8.56. The van der Waals surface area contributed by atoms with Crippen molar-refractivity contribution in [2.45, 2.75) is 57.0 Å². The van der Waals surface area contributed by atoms with Gasteiger partial charge in [-0.15, -0.1) is 0 Å². The summed E-state index contributed by atoms with van der Waals surface area (Å²) in [5.74, 6) is 0.302. The minimum atomic E-state index is 0.302. The fraction of sp³-hybridized carbons (Fsp3) is 0.917. The van der Waals surface area contributed by atoms with Gasteiger partial charge < -0.3 is 10.2 Å². The van der Waals surface area contributed by atoms with E-state index in [1.54, 1.807) is 0 Å². The van der Waals surface area contributed by atoms with Gasteiger partial charge >= 0.3 is 0 Å². The van der Waals surface area contributed by atoms with Crippen LogP contribution in [0.15, 0.2) is 0 Å². The Morgan fingerprint density at radius 1 is 1.13 bits per heavy atom. The first-order chi connectivity index (χ1) is 7.25. The van der Waals surface area contributed by atoms with E-state index in [2.05, 4.69) is 5.32 Å². The molecule has 2 fully saturated rings. The van der Waals surface area contributed by atoms with Crippen molar-refractivity contribution in [2.75, 3.05) is 13.6 Å². The predicted molar refractivity (Wildman–Crippen MR) is 60.7 cm³/mol. The molecule has 1 aliphatic heterocycles. The number of amides is 1. The van der Waals surface area contributed by atoms with Gasteiger partial charge in [-0.05, 0) is 19.3 Å². The van der Waals surface area contributed by atoms with Gasteiger partial charge in [0.2, 0.25) is 5.91 Å². The second-order valence-corrected chi connectivity index (χ2v) is 5.01. The Bertz CT molecular complexity index is 224. The number of carbonyl (C=O) groups is 1. The molecule has 3 nitrogen and oxygen atoms in total. The third kappa shape index (κ3) is 2.94. The summed E-state index contributed by atoms with van der Waals surface area (Å²) >= 11 is 0. The average Bonchev–Trinajstić information content (AvgIpc) is 2.25. The molecule has 1 N–H and O–H groups in total. The molecule has 2 aliphatic rings. The molecule has 1 amide bonds. The molecule has 1 unspecified atom stereocenters. The van der Waals surface area contributed by atoms with Crippen LogP contribution in [0.1, 0.15) is 44.9 Å². The Balaban J connectivity index is 1.76. The molecule has 3 heteroatoms. The van der Waals surface area contributed by atoms with Gasteiger partial charge in [0, 0.05) is 32.1 Å². The summed E-state index contributed by atoms with van der Waals surface area (Å²) in [7, 11) is 1.91. The first kappa shape index (κ1) is 10.9. The van der Waals surface area contributed by atoms with E-state index in [1.807, 2.05) is 11.9 Å². The zero-order valence-corrected chi connectivity index (χ0v) is 9.67. The van der Waals surface area contributed by atoms with E-state index in [9.17, 15) is 4.79 Å². The lowest BCUT2D eigenvalue weighted by Crippen LogP contribution is -2.50. The number of nitrogens with zero attached hydrogens (tertiary/aromatic N) is 1. The molecule has 15 heavy (non-hydrogen) atoms. The highest BCUT2D eigenvalue weighted by Crippen LogP contribution is 2.19. The van der Waals surface area contributed by atoms with E-state index in [4.69, 9.17) is 0 Å². The maximum absolute atomic E-state index is 11.3. The Kier molecular flexibility index (Phi) is 3.62. The molecular formula is C12H22N2O. The maximum Gasteiger partial charge on any atom is 0.222 e. The molecule has 2 rings (SSSR count). The second-order valence-electron chi connectivity index (χ2n) is 5.01. The van der Waals surface area contributed by atoms with Gasteiger partial charge in [-0.2, -0.15) is 0 Å². The fourth-order valence-electron chi connectivity index (χ4n) is 2.75. The number of hydrogen-bond donors (Lipinski definition) is 1. The van der Waals surface area contributed by atoms with Gasteiger partial charge in [-0.1, -0.05) is 19.3 Å². The summed E-state index contributed by atoms with van der Waals surface area (Å²) in [5, 5.41) is 3.71. The molecule has 1 aliphatic carbocycles. The highest BCUT2D eigenvalue weighted by Gasteiger charge is 2.25. The van der Waals surface area contributed by atoms with Crippen LogP contribution in [-0.4, -0.2) is 36.5 Å². The van der Waals surface area contributed by atoms with Gasteiger partial charge in [0.15, 0.2) is 0 Å². The van der Waals surface area contributed by atoms with Crippen molar-refractivity contribution in [1.82, 2.24) is 10.2 Å². The van der Waals surface area contributed by atoms with Crippen LogP contribution in [0.4, 0.5) is 0 Å². The molecule has 0 aromatic rings. The standard InChI is InChI=1S/C12H22N2O/c1-14-9-11(7-8-12(14)15)13-10-5-3-2-4-6-10/h10-11,13H,2-9H2,1H3. The molecule has 1 saturated carbocycles. The van der Waals surface area contributed by atoms with Crippen LogP contribution in [0.5, 0.6) is 0 Å². The highest BCUT2D eigenvalue weighted by atomic mass is 16.2. The van der Waals surface area contributed by atoms with E-state index < -0.39 is 0 Å². The van der Waals surface area contributed by atoms with Crippen LogP contribution in [0.2, 0.25) is 0 Å². The number of piperidine rings is 1. The summed E-state index contributed by atoms with van der Waals surface area (Å²) in [6, 6.07) is 1.25. The van der Waals surface area contributed by atoms with Crippen molar-refractivity contribution in [3.05, 3.63) is 0 Å². The Hall–Kier alpha value is -0.570. The molecule has 0 aromatic carbocycles. The van der Waals surface area contributed by atoms with E-state index in [1.165, 1.54) is 32.1 Å². The van der Waals surface area contributed by atoms with Crippen LogP contribution >= 0.6 is 0 Å². The highest BCUT2D eigenvalue weighted by molar-refractivity contribution is 5.76. The summed E-state index contributed by atoms with van der Waals surface area (Å²) in [6.45, 7) is 0.898. The Morgan fingerprint density at radius 3 is 2.53 bits per heavy atom. The lowest BCUT2D eigenvalue weighted by Gasteiger charge is -2.34. The zero-order chi connectivity index (χ0) is 10.7. The van der Waals surface area contributed by atoms with E-state index in [0.29, 0.717) is 18.0 Å². The summed E-state index contributed by atoms with van der Waals surface area (Å²) < 4.78 is 0. The monoisotopic (exact) mass is 210 g/mol. The number of rotatable bonds is 2. The van der Waals surface area contributed by atoms with Crippen molar-refractivity contribution in [1.29, 1.82) is 0 Å². The third-order valence-corrected chi connectivity index (χ3v) is 3.70. The normalized spacial score (nSPS) is 29.5. The SMILES string of the molecule is CN1CC(NC2CCCCC2)CCC1=O. The van der Waals surface area contributed by atoms with Crippen molar-refractivity contribution < 1.29 is 4.79 Å². The van der Waals surface area contributed by atoms with Crippen LogP contribution < -0.4 is 5.32 Å². The van der Waals surface area contributed by atoms with Crippen LogP contribution in [-0.2, 0) is 4.79 Å². The first-order valence-corrected chi connectivity index (χ1v) is 6.26. The Labute approximate surface area is 92.2 Å². The predicted octanol–water partition coefficient (Wildman–Crippen LogP) is 1.53. The third-order valence-electron chi connectivity index (χ3n) is 3.70. The number of likely N-dealkylation sites (tertiary alicyclic amines) is 1. The van der Waals surface area contributed by atoms with Crippen molar-refractivity contribution >= 4 is 5.91 Å². The van der Waals surface area contributed by atoms with Crippen LogP contribution in [0.25, 0.3) is 0 Å². The van der Waals surface area contributed by atoms with Gasteiger partial charge in [0.25, 0.3) is 0 Å².